The van der Waals surface area contributed by atoms with Gasteiger partial charge in [0, 0.05) is 13.8 Å². The van der Waals surface area contributed by atoms with E-state index in [4.69, 9.17) is 0 Å². The van der Waals surface area contributed by atoms with E-state index in [2.05, 4.69) is 47.8 Å². The molecular weight excluding hydrogens is 489 g/mol. The van der Waals surface area contributed by atoms with Crippen LogP contribution in [0.5, 0.6) is 0 Å². The van der Waals surface area contributed by atoms with E-state index in [1.807, 2.05) is 0 Å². The lowest BCUT2D eigenvalue weighted by atomic mass is 10.0. The zero-order chi connectivity index (χ0) is 15.1. The van der Waals surface area contributed by atoms with E-state index >= 15 is 0 Å². The lowest BCUT2D eigenvalue weighted by Gasteiger charge is -2.14. The van der Waals surface area contributed by atoms with Crippen molar-refractivity contribution >= 4 is 59.1 Å². The van der Waals surface area contributed by atoms with Crippen molar-refractivity contribution in [3.05, 3.63) is 53.0 Å². The molecule has 20 heavy (non-hydrogen) atoms. The smallest absolute Gasteiger partial charge is 0.383 e. The Labute approximate surface area is 142 Å². The SMILES string of the molecule is OC(c1ccc(Br)c(C(F)(F)F)c1)c1cc(Br)c(Br)s1. The fourth-order valence-corrected chi connectivity index (χ4v) is 4.17. The van der Waals surface area contributed by atoms with Crippen LogP contribution in [0, 0.1) is 0 Å². The van der Waals surface area contributed by atoms with Crippen LogP contribution in [-0.2, 0) is 6.18 Å². The molecule has 108 valence electrons. The van der Waals surface area contributed by atoms with Gasteiger partial charge < -0.3 is 5.11 Å². The van der Waals surface area contributed by atoms with Gasteiger partial charge in [-0.2, -0.15) is 13.2 Å². The van der Waals surface area contributed by atoms with Crippen LogP contribution in [0.15, 0.2) is 37.0 Å². The van der Waals surface area contributed by atoms with E-state index < -0.39 is 17.8 Å². The number of aliphatic hydroxyl groups excluding tert-OH is 1. The maximum absolute atomic E-state index is 12.8. The van der Waals surface area contributed by atoms with Crippen LogP contribution in [0.3, 0.4) is 0 Å². The molecule has 1 atom stereocenters. The number of rotatable bonds is 2. The van der Waals surface area contributed by atoms with Gasteiger partial charge in [0.25, 0.3) is 0 Å². The molecule has 1 nitrogen and oxygen atoms in total. The van der Waals surface area contributed by atoms with E-state index in [-0.39, 0.29) is 10.0 Å². The first-order valence-electron chi connectivity index (χ1n) is 5.19. The van der Waals surface area contributed by atoms with Crippen molar-refractivity contribution in [2.24, 2.45) is 0 Å². The first kappa shape index (κ1) is 16.5. The number of hydrogen-bond donors (Lipinski definition) is 1. The zero-order valence-corrected chi connectivity index (χ0v) is 15.1. The van der Waals surface area contributed by atoms with Gasteiger partial charge in [-0.3, -0.25) is 0 Å². The lowest BCUT2D eigenvalue weighted by Crippen LogP contribution is -2.08. The van der Waals surface area contributed by atoms with Gasteiger partial charge in [0.05, 0.1) is 9.35 Å². The number of aliphatic hydroxyl groups is 1. The quantitative estimate of drug-likeness (QED) is 0.532. The van der Waals surface area contributed by atoms with Gasteiger partial charge in [0.1, 0.15) is 6.10 Å². The molecule has 0 bridgehead atoms. The topological polar surface area (TPSA) is 20.2 Å². The van der Waals surface area contributed by atoms with Crippen molar-refractivity contribution in [3.63, 3.8) is 0 Å². The zero-order valence-electron chi connectivity index (χ0n) is 9.51. The van der Waals surface area contributed by atoms with E-state index in [0.29, 0.717) is 4.88 Å². The van der Waals surface area contributed by atoms with Crippen molar-refractivity contribution in [1.29, 1.82) is 0 Å². The van der Waals surface area contributed by atoms with Gasteiger partial charge in [-0.25, -0.2) is 0 Å². The Bertz CT molecular complexity index is 620. The maximum Gasteiger partial charge on any atom is 0.417 e. The summed E-state index contributed by atoms with van der Waals surface area (Å²) in [5.74, 6) is 0. The van der Waals surface area contributed by atoms with Gasteiger partial charge >= 0.3 is 6.18 Å². The third kappa shape index (κ3) is 3.47. The van der Waals surface area contributed by atoms with Gasteiger partial charge in [-0.1, -0.05) is 22.0 Å². The Morgan fingerprint density at radius 3 is 2.20 bits per heavy atom. The largest absolute Gasteiger partial charge is 0.417 e. The summed E-state index contributed by atoms with van der Waals surface area (Å²) >= 11 is 10.7. The number of alkyl halides is 3. The molecule has 0 saturated carbocycles. The number of halogens is 6. The molecule has 1 unspecified atom stereocenters. The van der Waals surface area contributed by atoms with Crippen molar-refractivity contribution in [1.82, 2.24) is 0 Å². The predicted octanol–water partition coefficient (Wildman–Crippen LogP) is 6.14. The highest BCUT2D eigenvalue weighted by atomic mass is 79.9. The average molecular weight is 495 g/mol. The molecular formula is C12H6Br3F3OS. The van der Waals surface area contributed by atoms with Crippen LogP contribution in [-0.4, -0.2) is 5.11 Å². The molecule has 0 spiro atoms. The monoisotopic (exact) mass is 492 g/mol. The number of hydrogen-bond acceptors (Lipinski definition) is 2. The van der Waals surface area contributed by atoms with Gasteiger partial charge in [0.15, 0.2) is 0 Å². The lowest BCUT2D eigenvalue weighted by molar-refractivity contribution is -0.138. The minimum Gasteiger partial charge on any atom is -0.383 e. The molecule has 0 radical (unpaired) electrons. The minimum atomic E-state index is -4.47. The molecule has 0 saturated heterocycles. The van der Waals surface area contributed by atoms with Crippen molar-refractivity contribution in [3.8, 4) is 0 Å². The van der Waals surface area contributed by atoms with Crippen LogP contribution in [0.1, 0.15) is 22.1 Å². The second-order valence-electron chi connectivity index (χ2n) is 3.91. The minimum absolute atomic E-state index is 0.0468. The molecule has 2 rings (SSSR count). The molecule has 0 fully saturated rings. The summed E-state index contributed by atoms with van der Waals surface area (Å²) in [6.07, 6.45) is -5.57. The summed E-state index contributed by atoms with van der Waals surface area (Å²) in [6, 6.07) is 5.38. The molecule has 1 aromatic heterocycles. The highest BCUT2D eigenvalue weighted by Gasteiger charge is 2.33. The van der Waals surface area contributed by atoms with Gasteiger partial charge in [0.2, 0.25) is 0 Å². The molecule has 1 heterocycles. The van der Waals surface area contributed by atoms with Crippen molar-refractivity contribution in [2.45, 2.75) is 12.3 Å². The molecule has 1 aromatic carbocycles. The first-order valence-corrected chi connectivity index (χ1v) is 8.39. The number of thiophene rings is 1. The Kier molecular flexibility index (Phi) is 5.01. The third-order valence-corrected chi connectivity index (χ3v) is 6.55. The van der Waals surface area contributed by atoms with Crippen LogP contribution in [0.4, 0.5) is 13.2 Å². The van der Waals surface area contributed by atoms with Crippen LogP contribution < -0.4 is 0 Å². The van der Waals surface area contributed by atoms with E-state index in [1.165, 1.54) is 23.5 Å². The highest BCUT2D eigenvalue weighted by molar-refractivity contribution is 9.13. The molecule has 0 aliphatic heterocycles. The van der Waals surface area contributed by atoms with Crippen molar-refractivity contribution < 1.29 is 18.3 Å². The molecule has 8 heteroatoms. The summed E-state index contributed by atoms with van der Waals surface area (Å²) in [7, 11) is 0. The van der Waals surface area contributed by atoms with E-state index in [0.717, 1.165) is 14.3 Å². The van der Waals surface area contributed by atoms with Crippen molar-refractivity contribution in [2.75, 3.05) is 0 Å². The summed E-state index contributed by atoms with van der Waals surface area (Å²) in [5, 5.41) is 10.2. The predicted molar refractivity (Wildman–Crippen MR) is 82.9 cm³/mol. The van der Waals surface area contributed by atoms with Crippen LogP contribution >= 0.6 is 59.1 Å². The molecule has 0 aliphatic carbocycles. The average Bonchev–Trinajstić information content (AvgIpc) is 2.68. The Balaban J connectivity index is 2.43. The molecule has 0 amide bonds. The standard InChI is InChI=1S/C12H6Br3F3OS/c13-7-2-1-5(3-6(7)12(16,17)18)10(19)9-4-8(14)11(15)20-9/h1-4,10,19H. The first-order chi connectivity index (χ1) is 9.20. The molecule has 1 N–H and O–H groups in total. The summed E-state index contributed by atoms with van der Waals surface area (Å²) < 4.78 is 40.0. The fourth-order valence-electron chi connectivity index (χ4n) is 1.59. The summed E-state index contributed by atoms with van der Waals surface area (Å²) in [6.45, 7) is 0. The highest BCUT2D eigenvalue weighted by Crippen LogP contribution is 2.40. The van der Waals surface area contributed by atoms with Gasteiger partial charge in [-0.15, -0.1) is 11.3 Å². The van der Waals surface area contributed by atoms with E-state index in [1.54, 1.807) is 6.07 Å². The molecule has 2 aromatic rings. The normalized spacial score (nSPS) is 13.6. The Hall–Kier alpha value is 0.110. The van der Waals surface area contributed by atoms with Crippen LogP contribution in [0.2, 0.25) is 0 Å². The third-order valence-electron chi connectivity index (χ3n) is 2.55. The maximum atomic E-state index is 12.8. The van der Waals surface area contributed by atoms with E-state index in [9.17, 15) is 18.3 Å². The Morgan fingerprint density at radius 1 is 1.05 bits per heavy atom. The summed E-state index contributed by atoms with van der Waals surface area (Å²) in [5.41, 5.74) is -0.606. The summed E-state index contributed by atoms with van der Waals surface area (Å²) in [4.78, 5) is 0.555. The van der Waals surface area contributed by atoms with Crippen LogP contribution in [0.25, 0.3) is 0 Å². The fraction of sp³-hybridized carbons (Fsp3) is 0.167. The second-order valence-corrected chi connectivity index (χ2v) is 8.02. The second kappa shape index (κ2) is 6.08. The van der Waals surface area contributed by atoms with Gasteiger partial charge in [-0.05, 0) is 55.6 Å². The Morgan fingerprint density at radius 2 is 1.70 bits per heavy atom. The number of benzene rings is 1. The molecule has 0 aliphatic rings.